The highest BCUT2D eigenvalue weighted by Gasteiger charge is 2.20. The van der Waals surface area contributed by atoms with Crippen molar-refractivity contribution in [3.8, 4) is 0 Å². The molecule has 1 rings (SSSR count). The molecular weight excluding hydrogens is 164 g/mol. The Hall–Kier alpha value is -0.410. The summed E-state index contributed by atoms with van der Waals surface area (Å²) < 4.78 is 0. The van der Waals surface area contributed by atoms with Crippen molar-refractivity contribution in [2.24, 2.45) is 5.73 Å². The van der Waals surface area contributed by atoms with Crippen molar-refractivity contribution in [2.75, 3.05) is 20.1 Å². The number of nitrogens with zero attached hydrogens (tertiary/aromatic N) is 1. The largest absolute Gasteiger partial charge is 0.333 e. The maximum atomic E-state index is 10.7. The number of nitrogens with two attached hydrogens (primary N) is 1. The number of Topliss-reactive ketones (excluding diaryl/α,β-unsaturated/α-hetero) is 1. The van der Waals surface area contributed by atoms with E-state index in [4.69, 9.17) is 0 Å². The van der Waals surface area contributed by atoms with Gasteiger partial charge in [0.05, 0.1) is 6.54 Å². The van der Waals surface area contributed by atoms with Crippen LogP contribution in [0.1, 0.15) is 35.5 Å². The molecule has 82 valence electrons. The summed E-state index contributed by atoms with van der Waals surface area (Å²) in [7, 11) is 1.50. The van der Waals surface area contributed by atoms with Crippen LogP contribution in [0.2, 0.25) is 0 Å². The number of rotatable bonds is 1. The third kappa shape index (κ3) is 6.72. The minimum Gasteiger partial charge on any atom is -0.333 e. The normalized spacial score (nSPS) is 16.1. The lowest BCUT2D eigenvalue weighted by Gasteiger charge is -2.17. The van der Waals surface area contributed by atoms with Gasteiger partial charge in [-0.2, -0.15) is 0 Å². The number of hydrogen-bond acceptors (Lipinski definition) is 3. The molecule has 3 heteroatoms. The first kappa shape index (κ1) is 15.1. The molecule has 0 radical (unpaired) electrons. The SMILES string of the molecule is CC.CC(C)N1CCC(=O)C1.CN.[HH]. The van der Waals surface area contributed by atoms with E-state index in [2.05, 4.69) is 24.5 Å². The fraction of sp³-hybridized carbons (Fsp3) is 0.900. The van der Waals surface area contributed by atoms with Gasteiger partial charge in [-0.3, -0.25) is 9.69 Å². The minimum absolute atomic E-state index is 0. The van der Waals surface area contributed by atoms with Crippen molar-refractivity contribution < 1.29 is 6.22 Å². The van der Waals surface area contributed by atoms with E-state index >= 15 is 0 Å². The van der Waals surface area contributed by atoms with Crippen LogP contribution < -0.4 is 5.73 Å². The van der Waals surface area contributed by atoms with Crippen LogP contribution in [-0.4, -0.2) is 36.9 Å². The van der Waals surface area contributed by atoms with E-state index in [0.717, 1.165) is 13.0 Å². The molecule has 0 saturated carbocycles. The Kier molecular flexibility index (Phi) is 11.2. The van der Waals surface area contributed by atoms with Crippen LogP contribution >= 0.6 is 0 Å². The van der Waals surface area contributed by atoms with Gasteiger partial charge in [0.15, 0.2) is 0 Å². The van der Waals surface area contributed by atoms with Crippen molar-refractivity contribution in [1.82, 2.24) is 4.90 Å². The second-order valence-corrected chi connectivity index (χ2v) is 2.85. The van der Waals surface area contributed by atoms with Crippen LogP contribution in [0.3, 0.4) is 0 Å². The van der Waals surface area contributed by atoms with Crippen molar-refractivity contribution >= 4 is 5.78 Å². The molecule has 1 aliphatic heterocycles. The van der Waals surface area contributed by atoms with E-state index in [1.165, 1.54) is 7.05 Å². The summed E-state index contributed by atoms with van der Waals surface area (Å²) in [5, 5.41) is 0. The van der Waals surface area contributed by atoms with Crippen LogP contribution in [0.5, 0.6) is 0 Å². The summed E-state index contributed by atoms with van der Waals surface area (Å²) in [6, 6.07) is 0.538. The van der Waals surface area contributed by atoms with Gasteiger partial charge in [-0.1, -0.05) is 13.8 Å². The maximum absolute atomic E-state index is 10.7. The van der Waals surface area contributed by atoms with Crippen LogP contribution in [0.15, 0.2) is 0 Å². The lowest BCUT2D eigenvalue weighted by Crippen LogP contribution is -2.28. The Morgan fingerprint density at radius 2 is 1.85 bits per heavy atom. The fourth-order valence-electron chi connectivity index (χ4n) is 1.09. The molecule has 0 amide bonds. The Morgan fingerprint density at radius 1 is 1.38 bits per heavy atom. The van der Waals surface area contributed by atoms with Crippen LogP contribution in [0.4, 0.5) is 0 Å². The molecule has 1 fully saturated rings. The predicted octanol–water partition coefficient (Wildman–Crippen LogP) is 1.52. The zero-order valence-corrected chi connectivity index (χ0v) is 9.63. The number of ketones is 1. The number of hydrogen-bond donors (Lipinski definition) is 1. The lowest BCUT2D eigenvalue weighted by molar-refractivity contribution is -0.117. The predicted molar refractivity (Wildman–Crippen MR) is 59.9 cm³/mol. The molecular formula is C10H26N2O. The van der Waals surface area contributed by atoms with Crippen molar-refractivity contribution in [3.63, 3.8) is 0 Å². The molecule has 0 atom stereocenters. The first-order valence-corrected chi connectivity index (χ1v) is 5.03. The third-order valence-electron chi connectivity index (χ3n) is 1.79. The highest BCUT2D eigenvalue weighted by Crippen LogP contribution is 2.07. The van der Waals surface area contributed by atoms with Gasteiger partial charge in [0.25, 0.3) is 0 Å². The molecule has 1 heterocycles. The third-order valence-corrected chi connectivity index (χ3v) is 1.79. The number of carbonyl (C=O) groups excluding carboxylic acids is 1. The molecule has 0 unspecified atom stereocenters. The van der Waals surface area contributed by atoms with Gasteiger partial charge < -0.3 is 5.73 Å². The molecule has 0 aliphatic carbocycles. The zero-order valence-electron chi connectivity index (χ0n) is 9.63. The van der Waals surface area contributed by atoms with Gasteiger partial charge in [-0.05, 0) is 20.9 Å². The summed E-state index contributed by atoms with van der Waals surface area (Å²) in [6.45, 7) is 9.89. The quantitative estimate of drug-likeness (QED) is 0.682. The molecule has 0 spiro atoms. The van der Waals surface area contributed by atoms with Crippen LogP contribution in [0, 0.1) is 0 Å². The first-order valence-electron chi connectivity index (χ1n) is 5.03. The van der Waals surface area contributed by atoms with E-state index in [0.29, 0.717) is 18.4 Å². The minimum atomic E-state index is 0. The summed E-state index contributed by atoms with van der Waals surface area (Å²) in [6.07, 6.45) is 0.762. The Labute approximate surface area is 83.8 Å². The standard InChI is InChI=1S/C7H13NO.C2H6.CH5N.H2/c1-6(2)8-4-3-7(9)5-8;2*1-2;/h6H,3-5H2,1-2H3;1-2H3;2H2,1H3;1H. The summed E-state index contributed by atoms with van der Waals surface area (Å²) in [5.74, 6) is 0.392. The number of carbonyl (C=O) groups is 1. The van der Waals surface area contributed by atoms with E-state index in [1.807, 2.05) is 13.8 Å². The van der Waals surface area contributed by atoms with E-state index < -0.39 is 0 Å². The highest BCUT2D eigenvalue weighted by atomic mass is 16.1. The average molecular weight is 190 g/mol. The Balaban J connectivity index is -0.000000216. The second kappa shape index (κ2) is 9.68. The molecule has 3 nitrogen and oxygen atoms in total. The van der Waals surface area contributed by atoms with Crippen molar-refractivity contribution in [2.45, 2.75) is 40.2 Å². The molecule has 0 bridgehead atoms. The van der Waals surface area contributed by atoms with Gasteiger partial charge in [-0.25, -0.2) is 0 Å². The van der Waals surface area contributed by atoms with E-state index in [1.54, 1.807) is 0 Å². The lowest BCUT2D eigenvalue weighted by atomic mass is 10.3. The summed E-state index contributed by atoms with van der Waals surface area (Å²) in [4.78, 5) is 12.9. The topological polar surface area (TPSA) is 46.3 Å². The molecule has 13 heavy (non-hydrogen) atoms. The van der Waals surface area contributed by atoms with Crippen molar-refractivity contribution in [3.05, 3.63) is 0 Å². The van der Waals surface area contributed by atoms with E-state index in [-0.39, 0.29) is 1.43 Å². The smallest absolute Gasteiger partial charge is 0.148 e. The monoisotopic (exact) mass is 190 g/mol. The molecule has 1 aliphatic rings. The number of likely N-dealkylation sites (tertiary alicyclic amines) is 1. The molecule has 0 aromatic rings. The van der Waals surface area contributed by atoms with Gasteiger partial charge in [-0.15, -0.1) is 0 Å². The second-order valence-electron chi connectivity index (χ2n) is 2.85. The van der Waals surface area contributed by atoms with Gasteiger partial charge >= 0.3 is 0 Å². The maximum Gasteiger partial charge on any atom is 0.148 e. The molecule has 2 N–H and O–H groups in total. The summed E-state index contributed by atoms with van der Waals surface area (Å²) in [5.41, 5.74) is 4.50. The highest BCUT2D eigenvalue weighted by molar-refractivity contribution is 5.82. The molecule has 0 aromatic heterocycles. The van der Waals surface area contributed by atoms with Crippen LogP contribution in [0.25, 0.3) is 0 Å². The summed E-state index contributed by atoms with van der Waals surface area (Å²) >= 11 is 0. The van der Waals surface area contributed by atoms with Crippen molar-refractivity contribution in [1.29, 1.82) is 0 Å². The zero-order chi connectivity index (χ0) is 10.9. The van der Waals surface area contributed by atoms with Gasteiger partial charge in [0.1, 0.15) is 5.78 Å². The van der Waals surface area contributed by atoms with Gasteiger partial charge in [0, 0.05) is 20.4 Å². The fourth-order valence-corrected chi connectivity index (χ4v) is 1.09. The average Bonchev–Trinajstić information content (AvgIpc) is 2.59. The first-order chi connectivity index (χ1) is 6.20. The Bertz CT molecular complexity index is 129. The Morgan fingerprint density at radius 3 is 2.00 bits per heavy atom. The van der Waals surface area contributed by atoms with Crippen LogP contribution in [-0.2, 0) is 4.79 Å². The van der Waals surface area contributed by atoms with Gasteiger partial charge in [0.2, 0.25) is 0 Å². The molecule has 1 saturated heterocycles. The molecule has 0 aromatic carbocycles. The van der Waals surface area contributed by atoms with E-state index in [9.17, 15) is 4.79 Å².